The fourth-order valence-electron chi connectivity index (χ4n) is 6.04. The zero-order valence-electron chi connectivity index (χ0n) is 52.8. The summed E-state index contributed by atoms with van der Waals surface area (Å²) in [4.78, 5) is 25.5. The zero-order valence-corrected chi connectivity index (χ0v) is 52.8. The van der Waals surface area contributed by atoms with Crippen LogP contribution in [0.3, 0.4) is 0 Å². The Hall–Kier alpha value is -2.96. The Balaban J connectivity index is -0.0000000690. The number of hydrogen-bond donors (Lipinski definition) is 4. The van der Waals surface area contributed by atoms with Crippen molar-refractivity contribution in [1.82, 2.24) is 20.9 Å². The quantitative estimate of drug-likeness (QED) is 0.0663. The number of carbonyl (C=O) groups excluding carboxylic acids is 2. The van der Waals surface area contributed by atoms with E-state index in [1.165, 1.54) is 63.5 Å². The van der Waals surface area contributed by atoms with Gasteiger partial charge < -0.3 is 26.6 Å². The van der Waals surface area contributed by atoms with Gasteiger partial charge in [-0.2, -0.15) is 0 Å². The van der Waals surface area contributed by atoms with Crippen LogP contribution < -0.4 is 21.7 Å². The number of amides is 3. The standard InChI is InChI=1S/C27H53N3O.C6H14.C5H11N.C4H7NO.C3H8.6C2H6.2C2H4/c1-10-14-15-16-17-20(5)25(29-26(31)28-24(13-4)27(7,8)9)23(12-3)30-19-22(11-2)18-21(30)6;1-4-5-6(2)3;1-4-6-5(2)3;1-3(2)4(5)6;1-3-2;8*1-2/h12,20-22,24-25H,10-11,13-19H2,1-9H3,(H2,28,29,31);6H,4-5H2,1-3H3;6H,2,4H2,1,3H3;1H2,2H3,(H2,5,6);3H2,1-2H3;6*1-2H3;2*1-2H2/b23-12-;;;;;;;;;;;;/t20?,21?,22-,24?,25?;;;;;;;;;;;;/m1............/s1. The summed E-state index contributed by atoms with van der Waals surface area (Å²) in [5, 5.41) is 9.70. The van der Waals surface area contributed by atoms with Crippen molar-refractivity contribution in [3.8, 4) is 0 Å². The average molecular weight is 973 g/mol. The lowest BCUT2D eigenvalue weighted by Crippen LogP contribution is -2.53. The highest BCUT2D eigenvalue weighted by atomic mass is 16.2. The molecule has 1 saturated heterocycles. The van der Waals surface area contributed by atoms with Crippen molar-refractivity contribution in [3.63, 3.8) is 0 Å². The second-order valence-corrected chi connectivity index (χ2v) is 16.3. The molecule has 1 heterocycles. The minimum atomic E-state index is -0.435. The number of rotatable bonds is 17. The predicted molar refractivity (Wildman–Crippen MR) is 324 cm³/mol. The summed E-state index contributed by atoms with van der Waals surface area (Å²) in [5.74, 6) is 1.63. The Kier molecular flexibility index (Phi) is 113. The van der Waals surface area contributed by atoms with Crippen molar-refractivity contribution >= 4 is 11.9 Å². The highest BCUT2D eigenvalue weighted by Crippen LogP contribution is 2.32. The molecule has 1 rings (SSSR count). The first-order valence-electron chi connectivity index (χ1n) is 28.0. The van der Waals surface area contributed by atoms with Gasteiger partial charge >= 0.3 is 6.03 Å². The molecule has 4 unspecified atom stereocenters. The summed E-state index contributed by atoms with van der Waals surface area (Å²) < 4.78 is 0. The molecule has 0 radical (unpaired) electrons. The SMILES string of the molecule is C/C=C(/C(NC(=O)NC(CC)C(C)(C)C)C(C)CCCCCC)N1C[C@H](CC)CC1C.C=C.C=C.C=C(C)C(N)=O.C=C(C)NCC.CC.CC.CC.CC.CC.CC.CCC.CCCC(C)C. The van der Waals surface area contributed by atoms with Gasteiger partial charge in [0.05, 0.1) is 6.04 Å². The third kappa shape index (κ3) is 74.6. The Labute approximate surface area is 434 Å². The lowest BCUT2D eigenvalue weighted by Gasteiger charge is -2.37. The first kappa shape index (κ1) is 94.8. The molecule has 0 saturated carbocycles. The fraction of sp³-hybridized carbons (Fsp3) is 0.803. The van der Waals surface area contributed by atoms with Crippen LogP contribution in [0.1, 0.15) is 271 Å². The second-order valence-electron chi connectivity index (χ2n) is 16.3. The van der Waals surface area contributed by atoms with Crippen LogP contribution in [0.4, 0.5) is 4.79 Å². The summed E-state index contributed by atoms with van der Waals surface area (Å²) in [6.07, 6.45) is 15.8. The van der Waals surface area contributed by atoms with Crippen molar-refractivity contribution in [2.75, 3.05) is 13.1 Å². The molecule has 0 aromatic heterocycles. The van der Waals surface area contributed by atoms with Crippen LogP contribution in [0, 0.1) is 23.2 Å². The maximum Gasteiger partial charge on any atom is 0.315 e. The minimum absolute atomic E-state index is 0.0228. The number of nitrogens with one attached hydrogen (secondary N) is 3. The van der Waals surface area contributed by atoms with Crippen LogP contribution in [0.5, 0.6) is 0 Å². The van der Waals surface area contributed by atoms with Gasteiger partial charge in [-0.1, -0.05) is 237 Å². The summed E-state index contributed by atoms with van der Waals surface area (Å²) in [6.45, 7) is 81.7. The summed E-state index contributed by atoms with van der Waals surface area (Å²) in [6, 6.07) is 0.735. The van der Waals surface area contributed by atoms with E-state index in [-0.39, 0.29) is 23.5 Å². The first-order valence-corrected chi connectivity index (χ1v) is 28.0. The van der Waals surface area contributed by atoms with Crippen LogP contribution in [-0.2, 0) is 4.79 Å². The molecule has 3 amide bonds. The van der Waals surface area contributed by atoms with Crippen LogP contribution in [0.2, 0.25) is 0 Å². The molecule has 0 aliphatic carbocycles. The summed E-state index contributed by atoms with van der Waals surface area (Å²) in [7, 11) is 0. The fourth-order valence-corrected chi connectivity index (χ4v) is 6.04. The number of allylic oxidation sites excluding steroid dienone is 2. The van der Waals surface area contributed by atoms with E-state index >= 15 is 0 Å². The van der Waals surface area contributed by atoms with Gasteiger partial charge in [-0.3, -0.25) is 4.79 Å². The topological polar surface area (TPSA) is 99.5 Å². The van der Waals surface area contributed by atoms with Gasteiger partial charge in [0, 0.05) is 42.1 Å². The van der Waals surface area contributed by atoms with E-state index < -0.39 is 5.91 Å². The van der Waals surface area contributed by atoms with Crippen LogP contribution in [0.25, 0.3) is 0 Å². The molecule has 1 aliphatic heterocycles. The third-order valence-electron chi connectivity index (χ3n) is 9.08. The molecule has 68 heavy (non-hydrogen) atoms. The second kappa shape index (κ2) is 81.0. The van der Waals surface area contributed by atoms with Crippen LogP contribution in [-0.4, -0.2) is 48.1 Å². The number of likely N-dealkylation sites (tertiary alicyclic amines) is 1. The molecule has 418 valence electrons. The number of nitrogens with two attached hydrogens (primary N) is 1. The monoisotopic (exact) mass is 972 g/mol. The van der Waals surface area contributed by atoms with Crippen molar-refractivity contribution < 1.29 is 9.59 Å². The average Bonchev–Trinajstić information content (AvgIpc) is 3.72. The summed E-state index contributed by atoms with van der Waals surface area (Å²) >= 11 is 0. The van der Waals surface area contributed by atoms with Crippen molar-refractivity contribution in [1.29, 1.82) is 0 Å². The van der Waals surface area contributed by atoms with Crippen LogP contribution in [0.15, 0.2) is 62.5 Å². The molecule has 0 aromatic carbocycles. The summed E-state index contributed by atoms with van der Waals surface area (Å²) in [5.41, 5.74) is 7.50. The van der Waals surface area contributed by atoms with E-state index in [1.54, 1.807) is 6.92 Å². The molecule has 0 aromatic rings. The van der Waals surface area contributed by atoms with E-state index in [0.29, 0.717) is 17.5 Å². The number of nitrogens with zero attached hydrogens (tertiary/aromatic N) is 1. The predicted octanol–water partition coefficient (Wildman–Crippen LogP) is 19.9. The largest absolute Gasteiger partial charge is 0.389 e. The maximum absolute atomic E-state index is 13.1. The third-order valence-corrected chi connectivity index (χ3v) is 9.08. The van der Waals surface area contributed by atoms with E-state index in [0.717, 1.165) is 43.5 Å². The normalized spacial score (nSPS) is 13.6. The van der Waals surface area contributed by atoms with Gasteiger partial charge in [0.1, 0.15) is 0 Å². The van der Waals surface area contributed by atoms with Gasteiger partial charge in [0.2, 0.25) is 5.91 Å². The number of primary amides is 1. The minimum Gasteiger partial charge on any atom is -0.389 e. The molecule has 7 nitrogen and oxygen atoms in total. The Morgan fingerprint density at radius 3 is 1.35 bits per heavy atom. The Bertz CT molecular complexity index is 956. The molecule has 1 aliphatic rings. The van der Waals surface area contributed by atoms with E-state index in [1.807, 2.05) is 90.0 Å². The van der Waals surface area contributed by atoms with Crippen molar-refractivity contribution in [2.24, 2.45) is 28.9 Å². The van der Waals surface area contributed by atoms with Gasteiger partial charge in [-0.05, 0) is 77.0 Å². The lowest BCUT2D eigenvalue weighted by atomic mass is 9.85. The Morgan fingerprint density at radius 1 is 0.721 bits per heavy atom. The number of hydrogen-bond acceptors (Lipinski definition) is 4. The highest BCUT2D eigenvalue weighted by molar-refractivity contribution is 5.90. The van der Waals surface area contributed by atoms with Crippen molar-refractivity contribution in [3.05, 3.63) is 62.5 Å². The van der Waals surface area contributed by atoms with Crippen molar-refractivity contribution in [2.45, 2.75) is 290 Å². The van der Waals surface area contributed by atoms with Gasteiger partial charge in [-0.25, -0.2) is 4.79 Å². The molecular formula is C61H137N5O2. The van der Waals surface area contributed by atoms with Gasteiger partial charge in [0.15, 0.2) is 0 Å². The molecular weight excluding hydrogens is 835 g/mol. The zero-order chi connectivity index (χ0) is 57.4. The van der Waals surface area contributed by atoms with Gasteiger partial charge in [-0.15, -0.1) is 26.3 Å². The molecule has 5 N–H and O–H groups in total. The molecule has 1 fully saturated rings. The molecule has 5 atom stereocenters. The van der Waals surface area contributed by atoms with Crippen LogP contribution >= 0.6 is 0 Å². The van der Waals surface area contributed by atoms with E-state index in [9.17, 15) is 9.59 Å². The molecule has 0 spiro atoms. The van der Waals surface area contributed by atoms with Gasteiger partial charge in [0.25, 0.3) is 0 Å². The Morgan fingerprint density at radius 2 is 1.13 bits per heavy atom. The highest BCUT2D eigenvalue weighted by Gasteiger charge is 2.35. The van der Waals surface area contributed by atoms with E-state index in [2.05, 4.69) is 170 Å². The maximum atomic E-state index is 13.1. The lowest BCUT2D eigenvalue weighted by molar-refractivity contribution is -0.114. The number of unbranched alkanes of at least 4 members (excludes halogenated alkanes) is 3. The molecule has 0 bridgehead atoms. The number of carbonyl (C=O) groups is 2. The smallest absolute Gasteiger partial charge is 0.315 e. The molecule has 7 heteroatoms. The first-order chi connectivity index (χ1) is 32.2. The number of urea groups is 1. The van der Waals surface area contributed by atoms with E-state index in [4.69, 9.17) is 5.73 Å².